The first-order valence-electron chi connectivity index (χ1n) is 5.95. The fraction of sp³-hybridized carbons (Fsp3) is 0.417. The average Bonchev–Trinajstić information content (AvgIpc) is 2.59. The number of rotatable bonds is 1. The number of fused-ring (bicyclic) bond motifs is 1. The molecule has 0 aliphatic carbocycles. The van der Waals surface area contributed by atoms with Crippen LogP contribution in [0, 0.1) is 5.82 Å². The molecule has 6 heteroatoms. The monoisotopic (exact) mass is 313 g/mol. The second-order valence-electron chi connectivity index (χ2n) is 4.32. The molecule has 3 rings (SSSR count). The largest absolute Gasteiger partial charge is 0.420 e. The number of benzene rings is 1. The molecule has 0 spiro atoms. The van der Waals surface area contributed by atoms with Gasteiger partial charge in [0.2, 0.25) is 0 Å². The van der Waals surface area contributed by atoms with E-state index in [0.29, 0.717) is 16.0 Å². The lowest BCUT2D eigenvalue weighted by Gasteiger charge is -2.16. The summed E-state index contributed by atoms with van der Waals surface area (Å²) in [7, 11) is 0. The molecule has 0 radical (unpaired) electrons. The topological polar surface area (TPSA) is 41.3 Å². The highest BCUT2D eigenvalue weighted by Gasteiger charge is 2.17. The molecule has 1 aliphatic rings. The van der Waals surface area contributed by atoms with Crippen LogP contribution < -0.4 is 10.2 Å². The summed E-state index contributed by atoms with van der Waals surface area (Å²) < 4.78 is 19.9. The third kappa shape index (κ3) is 2.22. The van der Waals surface area contributed by atoms with E-state index in [2.05, 4.69) is 26.2 Å². The Bertz CT molecular complexity index is 564. The van der Waals surface area contributed by atoms with Gasteiger partial charge in [0.05, 0.1) is 0 Å². The van der Waals surface area contributed by atoms with E-state index in [4.69, 9.17) is 4.42 Å². The zero-order valence-electron chi connectivity index (χ0n) is 9.75. The van der Waals surface area contributed by atoms with Gasteiger partial charge in [0, 0.05) is 24.1 Å². The molecule has 2 heterocycles. The molecule has 1 fully saturated rings. The summed E-state index contributed by atoms with van der Waals surface area (Å²) >= 11 is 3.26. The van der Waals surface area contributed by atoms with E-state index in [1.54, 1.807) is 6.07 Å². The van der Waals surface area contributed by atoms with Crippen molar-refractivity contribution in [2.24, 2.45) is 0 Å². The molecule has 96 valence electrons. The van der Waals surface area contributed by atoms with Gasteiger partial charge in [0.1, 0.15) is 5.52 Å². The van der Waals surface area contributed by atoms with E-state index in [1.807, 2.05) is 4.90 Å². The molecule has 0 unspecified atom stereocenters. The number of nitrogens with zero attached hydrogens (tertiary/aromatic N) is 2. The Kier molecular flexibility index (Phi) is 3.22. The molecule has 1 N–H and O–H groups in total. The van der Waals surface area contributed by atoms with Crippen molar-refractivity contribution in [1.29, 1.82) is 0 Å². The number of nitrogens with one attached hydrogen (secondary N) is 1. The number of halogens is 2. The standard InChI is InChI=1S/C12H13BrFN3O/c13-8-6-9(14)11-10(7-8)16-12(18-11)17-4-1-2-15-3-5-17/h6-7,15H,1-5H2. The normalized spacial score (nSPS) is 17.1. The van der Waals surface area contributed by atoms with Crippen LogP contribution in [-0.2, 0) is 0 Å². The first-order chi connectivity index (χ1) is 8.74. The molecule has 4 nitrogen and oxygen atoms in total. The van der Waals surface area contributed by atoms with Gasteiger partial charge in [-0.3, -0.25) is 0 Å². The van der Waals surface area contributed by atoms with E-state index >= 15 is 0 Å². The highest BCUT2D eigenvalue weighted by Crippen LogP contribution is 2.27. The van der Waals surface area contributed by atoms with Gasteiger partial charge < -0.3 is 14.6 Å². The summed E-state index contributed by atoms with van der Waals surface area (Å²) in [4.78, 5) is 6.41. The van der Waals surface area contributed by atoms with Crippen molar-refractivity contribution in [3.05, 3.63) is 22.4 Å². The maximum Gasteiger partial charge on any atom is 0.298 e. The lowest BCUT2D eigenvalue weighted by atomic mass is 10.3. The minimum Gasteiger partial charge on any atom is -0.420 e. The van der Waals surface area contributed by atoms with E-state index in [9.17, 15) is 4.39 Å². The Balaban J connectivity index is 1.99. The zero-order chi connectivity index (χ0) is 12.5. The van der Waals surface area contributed by atoms with Crippen molar-refractivity contribution in [1.82, 2.24) is 10.3 Å². The molecule has 1 aromatic carbocycles. The van der Waals surface area contributed by atoms with Gasteiger partial charge in [-0.25, -0.2) is 4.39 Å². The van der Waals surface area contributed by atoms with E-state index in [-0.39, 0.29) is 11.4 Å². The Morgan fingerprint density at radius 1 is 1.33 bits per heavy atom. The number of oxazole rings is 1. The van der Waals surface area contributed by atoms with Gasteiger partial charge >= 0.3 is 0 Å². The number of anilines is 1. The van der Waals surface area contributed by atoms with E-state index < -0.39 is 0 Å². The fourth-order valence-corrected chi connectivity index (χ4v) is 2.54. The minimum atomic E-state index is -0.383. The zero-order valence-corrected chi connectivity index (χ0v) is 11.3. The summed E-state index contributed by atoms with van der Waals surface area (Å²) in [5.41, 5.74) is 0.777. The second-order valence-corrected chi connectivity index (χ2v) is 5.24. The fourth-order valence-electron chi connectivity index (χ4n) is 2.12. The first-order valence-corrected chi connectivity index (χ1v) is 6.74. The van der Waals surface area contributed by atoms with Crippen molar-refractivity contribution in [2.75, 3.05) is 31.1 Å². The summed E-state index contributed by atoms with van der Waals surface area (Å²) in [5, 5.41) is 3.31. The van der Waals surface area contributed by atoms with E-state index in [0.717, 1.165) is 32.6 Å². The van der Waals surface area contributed by atoms with Crippen LogP contribution in [0.4, 0.5) is 10.4 Å². The SMILES string of the molecule is Fc1cc(Br)cc2nc(N3CCCNCC3)oc12. The van der Waals surface area contributed by atoms with Crippen LogP contribution in [0.25, 0.3) is 11.1 Å². The molecule has 0 amide bonds. The van der Waals surface area contributed by atoms with Crippen LogP contribution in [0.1, 0.15) is 6.42 Å². The van der Waals surface area contributed by atoms with Gasteiger partial charge in [0.15, 0.2) is 11.4 Å². The maximum absolute atomic E-state index is 13.7. The number of aromatic nitrogens is 1. The van der Waals surface area contributed by atoms with Crippen molar-refractivity contribution in [3.8, 4) is 0 Å². The molecular formula is C12H13BrFN3O. The van der Waals surface area contributed by atoms with Crippen LogP contribution in [0.15, 0.2) is 21.0 Å². The lowest BCUT2D eigenvalue weighted by molar-refractivity contribution is 0.539. The molecule has 1 aromatic heterocycles. The van der Waals surface area contributed by atoms with Crippen LogP contribution >= 0.6 is 15.9 Å². The maximum atomic E-state index is 13.7. The van der Waals surface area contributed by atoms with Crippen LogP contribution in [0.2, 0.25) is 0 Å². The van der Waals surface area contributed by atoms with Crippen LogP contribution in [0.3, 0.4) is 0 Å². The highest BCUT2D eigenvalue weighted by molar-refractivity contribution is 9.10. The third-order valence-electron chi connectivity index (χ3n) is 3.01. The average molecular weight is 314 g/mol. The Labute approximate surface area is 112 Å². The molecule has 18 heavy (non-hydrogen) atoms. The van der Waals surface area contributed by atoms with Gasteiger partial charge in [-0.2, -0.15) is 4.98 Å². The summed E-state index contributed by atoms with van der Waals surface area (Å²) in [6.07, 6.45) is 1.03. The Morgan fingerprint density at radius 2 is 2.22 bits per heavy atom. The van der Waals surface area contributed by atoms with E-state index in [1.165, 1.54) is 6.07 Å². The van der Waals surface area contributed by atoms with Crippen molar-refractivity contribution in [3.63, 3.8) is 0 Å². The van der Waals surface area contributed by atoms with Gasteiger partial charge in [-0.1, -0.05) is 15.9 Å². The molecule has 0 bridgehead atoms. The lowest BCUT2D eigenvalue weighted by Crippen LogP contribution is -2.27. The third-order valence-corrected chi connectivity index (χ3v) is 3.47. The molecule has 2 aromatic rings. The quantitative estimate of drug-likeness (QED) is 0.878. The molecule has 1 saturated heterocycles. The minimum absolute atomic E-state index is 0.227. The van der Waals surface area contributed by atoms with Crippen molar-refractivity contribution in [2.45, 2.75) is 6.42 Å². The van der Waals surface area contributed by atoms with Gasteiger partial charge in [-0.05, 0) is 25.1 Å². The van der Waals surface area contributed by atoms with Crippen LogP contribution in [-0.4, -0.2) is 31.2 Å². The van der Waals surface area contributed by atoms with Gasteiger partial charge in [-0.15, -0.1) is 0 Å². The summed E-state index contributed by atoms with van der Waals surface area (Å²) in [6, 6.07) is 3.66. The number of hydrogen-bond donors (Lipinski definition) is 1. The predicted molar refractivity (Wildman–Crippen MR) is 71.4 cm³/mol. The predicted octanol–water partition coefficient (Wildman–Crippen LogP) is 2.53. The van der Waals surface area contributed by atoms with Crippen molar-refractivity contribution >= 4 is 33.0 Å². The summed E-state index contributed by atoms with van der Waals surface area (Å²) in [6.45, 7) is 3.60. The summed E-state index contributed by atoms with van der Waals surface area (Å²) in [5.74, 6) is -0.383. The first kappa shape index (κ1) is 11.9. The smallest absolute Gasteiger partial charge is 0.298 e. The Morgan fingerprint density at radius 3 is 3.11 bits per heavy atom. The molecular weight excluding hydrogens is 301 g/mol. The van der Waals surface area contributed by atoms with Crippen LogP contribution in [0.5, 0.6) is 0 Å². The Hall–Kier alpha value is -1.14. The molecule has 0 atom stereocenters. The molecule has 1 aliphatic heterocycles. The van der Waals surface area contributed by atoms with Crippen molar-refractivity contribution < 1.29 is 8.81 Å². The molecule has 0 saturated carbocycles. The number of hydrogen-bond acceptors (Lipinski definition) is 4. The van der Waals surface area contributed by atoms with Gasteiger partial charge in [0.25, 0.3) is 6.01 Å². The highest BCUT2D eigenvalue weighted by atomic mass is 79.9. The second kappa shape index (κ2) is 4.85.